The Morgan fingerprint density at radius 3 is 2.57 bits per heavy atom. The van der Waals surface area contributed by atoms with Gasteiger partial charge in [0.15, 0.2) is 0 Å². The van der Waals surface area contributed by atoms with Crippen LogP contribution < -0.4 is 0 Å². The predicted octanol–water partition coefficient (Wildman–Crippen LogP) is 3.93. The summed E-state index contributed by atoms with van der Waals surface area (Å²) in [5.41, 5.74) is 0.247. The second-order valence-corrected chi connectivity index (χ2v) is 3.31. The molecular weight excluding hydrogens is 213 g/mol. The summed E-state index contributed by atoms with van der Waals surface area (Å²) in [6.07, 6.45) is -1.55. The summed E-state index contributed by atoms with van der Waals surface area (Å²) in [5, 5.41) is 0. The van der Waals surface area contributed by atoms with Crippen LogP contribution in [0.2, 0.25) is 0 Å². The second-order valence-electron chi connectivity index (χ2n) is 2.94. The maximum Gasteiger partial charge on any atom is 0.264 e. The highest BCUT2D eigenvalue weighted by molar-refractivity contribution is 6.17. The van der Waals surface area contributed by atoms with Crippen molar-refractivity contribution in [3.63, 3.8) is 0 Å². The number of hydrogen-bond acceptors (Lipinski definition) is 0. The van der Waals surface area contributed by atoms with Gasteiger partial charge in [0.1, 0.15) is 5.82 Å². The maximum atomic E-state index is 12.7. The summed E-state index contributed by atoms with van der Waals surface area (Å²) in [6.45, 7) is 0. The average molecular weight is 223 g/mol. The fourth-order valence-corrected chi connectivity index (χ4v) is 1.39. The van der Waals surface area contributed by atoms with Crippen LogP contribution in [-0.4, -0.2) is 5.88 Å². The molecule has 0 fully saturated rings. The van der Waals surface area contributed by atoms with Crippen LogP contribution in [0.15, 0.2) is 18.2 Å². The van der Waals surface area contributed by atoms with Crippen molar-refractivity contribution >= 4 is 11.6 Å². The smallest absolute Gasteiger partial charge is 0.207 e. The summed E-state index contributed by atoms with van der Waals surface area (Å²) >= 11 is 5.45. The molecule has 14 heavy (non-hydrogen) atoms. The van der Waals surface area contributed by atoms with Crippen molar-refractivity contribution in [3.05, 3.63) is 35.1 Å². The van der Waals surface area contributed by atoms with Crippen molar-refractivity contribution < 1.29 is 13.2 Å². The molecule has 0 amide bonds. The van der Waals surface area contributed by atoms with E-state index in [1.54, 1.807) is 0 Å². The highest BCUT2D eigenvalue weighted by Gasteiger charge is 2.13. The Balaban J connectivity index is 2.90. The number of benzene rings is 1. The fraction of sp³-hybridized carbons (Fsp3) is 0.400. The van der Waals surface area contributed by atoms with Crippen molar-refractivity contribution in [1.29, 1.82) is 0 Å². The molecule has 0 unspecified atom stereocenters. The van der Waals surface area contributed by atoms with E-state index in [0.717, 1.165) is 6.07 Å². The normalized spacial score (nSPS) is 10.9. The highest BCUT2D eigenvalue weighted by atomic mass is 35.5. The van der Waals surface area contributed by atoms with Crippen LogP contribution in [0.1, 0.15) is 24.0 Å². The lowest BCUT2D eigenvalue weighted by atomic mass is 10.0. The van der Waals surface area contributed by atoms with Crippen molar-refractivity contribution in [2.75, 3.05) is 5.88 Å². The first-order valence-corrected chi connectivity index (χ1v) is 4.81. The Kier molecular flexibility index (Phi) is 4.26. The number of alkyl halides is 3. The van der Waals surface area contributed by atoms with Gasteiger partial charge in [-0.1, -0.05) is 6.07 Å². The van der Waals surface area contributed by atoms with E-state index in [0.29, 0.717) is 24.3 Å². The van der Waals surface area contributed by atoms with E-state index in [4.69, 9.17) is 11.6 Å². The first-order chi connectivity index (χ1) is 6.65. The Morgan fingerprint density at radius 2 is 2.00 bits per heavy atom. The molecule has 0 aliphatic rings. The monoisotopic (exact) mass is 222 g/mol. The second kappa shape index (κ2) is 5.25. The number of halogens is 4. The standard InChI is InChI=1S/C10H10ClF3/c11-5-1-2-7-3-4-8(12)6-9(7)10(13)14/h3-4,6,10H,1-2,5H2. The van der Waals surface area contributed by atoms with E-state index in [-0.39, 0.29) is 5.56 Å². The van der Waals surface area contributed by atoms with Crippen LogP contribution in [-0.2, 0) is 6.42 Å². The molecule has 0 nitrogen and oxygen atoms in total. The first-order valence-electron chi connectivity index (χ1n) is 4.27. The van der Waals surface area contributed by atoms with Crippen LogP contribution in [0.25, 0.3) is 0 Å². The van der Waals surface area contributed by atoms with Gasteiger partial charge in [-0.25, -0.2) is 13.2 Å². The van der Waals surface area contributed by atoms with Gasteiger partial charge in [-0.15, -0.1) is 11.6 Å². The molecule has 0 aliphatic carbocycles. The third-order valence-corrected chi connectivity index (χ3v) is 2.19. The van der Waals surface area contributed by atoms with Crippen LogP contribution in [0.4, 0.5) is 13.2 Å². The van der Waals surface area contributed by atoms with E-state index in [1.165, 1.54) is 12.1 Å². The summed E-state index contributed by atoms with van der Waals surface area (Å²) < 4.78 is 37.5. The minimum absolute atomic E-state index is 0.227. The zero-order valence-corrected chi connectivity index (χ0v) is 8.20. The zero-order chi connectivity index (χ0) is 10.6. The van der Waals surface area contributed by atoms with Gasteiger partial charge in [0.05, 0.1) is 0 Å². The molecule has 0 atom stereocenters. The molecule has 0 N–H and O–H groups in total. The number of rotatable bonds is 4. The largest absolute Gasteiger partial charge is 0.264 e. The molecule has 1 aromatic carbocycles. The van der Waals surface area contributed by atoms with Crippen LogP contribution in [0.5, 0.6) is 0 Å². The lowest BCUT2D eigenvalue weighted by molar-refractivity contribution is 0.149. The lowest BCUT2D eigenvalue weighted by Gasteiger charge is -2.07. The minimum atomic E-state index is -2.63. The van der Waals surface area contributed by atoms with Gasteiger partial charge in [-0.2, -0.15) is 0 Å². The highest BCUT2D eigenvalue weighted by Crippen LogP contribution is 2.24. The number of aryl methyl sites for hydroxylation is 1. The fourth-order valence-electron chi connectivity index (χ4n) is 1.25. The molecule has 78 valence electrons. The van der Waals surface area contributed by atoms with Crippen LogP contribution >= 0.6 is 11.6 Å². The summed E-state index contributed by atoms with van der Waals surface area (Å²) in [4.78, 5) is 0. The van der Waals surface area contributed by atoms with E-state index >= 15 is 0 Å². The van der Waals surface area contributed by atoms with Crippen LogP contribution in [0, 0.1) is 5.82 Å². The average Bonchev–Trinajstić information content (AvgIpc) is 2.15. The topological polar surface area (TPSA) is 0 Å². The molecule has 0 radical (unpaired) electrons. The van der Waals surface area contributed by atoms with E-state index in [1.807, 2.05) is 0 Å². The van der Waals surface area contributed by atoms with Gasteiger partial charge in [0.2, 0.25) is 0 Å². The SMILES string of the molecule is Fc1ccc(CCCCl)c(C(F)F)c1. The van der Waals surface area contributed by atoms with Gasteiger partial charge >= 0.3 is 0 Å². The molecule has 4 heteroatoms. The Bertz CT molecular complexity index is 299. The van der Waals surface area contributed by atoms with Gasteiger partial charge < -0.3 is 0 Å². The van der Waals surface area contributed by atoms with Crippen molar-refractivity contribution in [2.45, 2.75) is 19.3 Å². The van der Waals surface area contributed by atoms with Crippen molar-refractivity contribution in [3.8, 4) is 0 Å². The summed E-state index contributed by atoms with van der Waals surface area (Å²) in [7, 11) is 0. The summed E-state index contributed by atoms with van der Waals surface area (Å²) in [5.74, 6) is -0.213. The molecule has 0 spiro atoms. The minimum Gasteiger partial charge on any atom is -0.207 e. The molecule has 0 aliphatic heterocycles. The molecule has 0 aromatic heterocycles. The van der Waals surface area contributed by atoms with Crippen molar-refractivity contribution in [1.82, 2.24) is 0 Å². The maximum absolute atomic E-state index is 12.7. The zero-order valence-electron chi connectivity index (χ0n) is 7.44. The van der Waals surface area contributed by atoms with E-state index in [9.17, 15) is 13.2 Å². The van der Waals surface area contributed by atoms with Gasteiger partial charge in [0, 0.05) is 11.4 Å². The Labute approximate surface area is 85.7 Å². The van der Waals surface area contributed by atoms with Gasteiger partial charge in [-0.05, 0) is 30.5 Å². The predicted molar refractivity (Wildman–Crippen MR) is 50.4 cm³/mol. The quantitative estimate of drug-likeness (QED) is 0.677. The van der Waals surface area contributed by atoms with E-state index < -0.39 is 12.2 Å². The van der Waals surface area contributed by atoms with Crippen LogP contribution in [0.3, 0.4) is 0 Å². The Hall–Kier alpha value is -0.700. The molecule has 1 aromatic rings. The molecule has 0 saturated carbocycles. The van der Waals surface area contributed by atoms with Gasteiger partial charge in [-0.3, -0.25) is 0 Å². The van der Waals surface area contributed by atoms with Crippen molar-refractivity contribution in [2.24, 2.45) is 0 Å². The summed E-state index contributed by atoms with van der Waals surface area (Å²) in [6, 6.07) is 3.47. The van der Waals surface area contributed by atoms with Gasteiger partial charge in [0.25, 0.3) is 6.43 Å². The number of hydrogen-bond donors (Lipinski definition) is 0. The molecule has 0 bridgehead atoms. The Morgan fingerprint density at radius 1 is 1.29 bits per heavy atom. The van der Waals surface area contributed by atoms with E-state index in [2.05, 4.69) is 0 Å². The molecule has 1 rings (SSSR count). The third kappa shape index (κ3) is 2.91. The lowest BCUT2D eigenvalue weighted by Crippen LogP contribution is -1.96. The molecule has 0 saturated heterocycles. The molecular formula is C10H10ClF3. The third-order valence-electron chi connectivity index (χ3n) is 1.92. The molecule has 0 heterocycles. The first kappa shape index (κ1) is 11.4.